The highest BCUT2D eigenvalue weighted by Crippen LogP contribution is 2.52. The number of thiocarbonyl (C=S) groups is 1. The molecule has 12 heteroatoms. The van der Waals surface area contributed by atoms with Gasteiger partial charge in [0, 0.05) is 24.0 Å². The summed E-state index contributed by atoms with van der Waals surface area (Å²) in [6, 6.07) is 0. The third kappa shape index (κ3) is 4.32. The Bertz CT molecular complexity index is 903. The number of hydrazone groups is 1. The molecule has 1 aromatic rings. The second-order valence-electron chi connectivity index (χ2n) is 6.15. The van der Waals surface area contributed by atoms with Gasteiger partial charge >= 0.3 is 5.97 Å². The number of carbonyl (C=O) groups excluding carboxylic acids is 1. The van der Waals surface area contributed by atoms with E-state index in [1.165, 1.54) is 20.4 Å². The van der Waals surface area contributed by atoms with Crippen LogP contribution in [0.3, 0.4) is 0 Å². The third-order valence-corrected chi connectivity index (χ3v) is 4.41. The minimum Gasteiger partial charge on any atom is -0.492 e. The van der Waals surface area contributed by atoms with Crippen LogP contribution in [0.5, 0.6) is 23.0 Å². The van der Waals surface area contributed by atoms with E-state index in [4.69, 9.17) is 46.5 Å². The van der Waals surface area contributed by atoms with Crippen molar-refractivity contribution in [2.45, 2.75) is 25.9 Å². The Morgan fingerprint density at radius 1 is 1.33 bits per heavy atom. The molecule has 0 radical (unpaired) electrons. The summed E-state index contributed by atoms with van der Waals surface area (Å²) < 4.78 is 27.3. The van der Waals surface area contributed by atoms with Crippen molar-refractivity contribution in [3.05, 3.63) is 11.1 Å². The molecule has 3 rings (SSSR count). The maximum atomic E-state index is 11.9. The number of oxime groups is 1. The maximum absolute atomic E-state index is 11.9. The fourth-order valence-corrected chi connectivity index (χ4v) is 3.21. The molecular weight excluding hydrogens is 416 g/mol. The van der Waals surface area contributed by atoms with Crippen molar-refractivity contribution in [3.63, 3.8) is 0 Å². The Hall–Kier alpha value is -3.28. The summed E-state index contributed by atoms with van der Waals surface area (Å²) in [4.78, 5) is 17.4. The van der Waals surface area contributed by atoms with Gasteiger partial charge in [0.25, 0.3) is 0 Å². The summed E-state index contributed by atoms with van der Waals surface area (Å²) in [6.45, 7) is 2.00. The van der Waals surface area contributed by atoms with Crippen molar-refractivity contribution in [3.8, 4) is 23.0 Å². The zero-order valence-corrected chi connectivity index (χ0v) is 17.5. The molecule has 0 bridgehead atoms. The SMILES string of the molecule is CCOC(=O)C1=NOC(Cc2c(C=NNC(N)=S)c(OC)c3c(c2OC)OCO3)C1. The minimum absolute atomic E-state index is 0.00563. The molecule has 2 heterocycles. The Kier molecular flexibility index (Phi) is 6.77. The number of esters is 1. The lowest BCUT2D eigenvalue weighted by Crippen LogP contribution is -2.24. The number of methoxy groups -OCH3 is 2. The Labute approximate surface area is 178 Å². The molecule has 0 spiro atoms. The van der Waals surface area contributed by atoms with E-state index in [-0.39, 0.29) is 30.6 Å². The fraction of sp³-hybridized carbons (Fsp3) is 0.444. The zero-order chi connectivity index (χ0) is 21.7. The molecule has 162 valence electrons. The van der Waals surface area contributed by atoms with E-state index in [2.05, 4.69) is 15.7 Å². The molecule has 30 heavy (non-hydrogen) atoms. The first-order valence-corrected chi connectivity index (χ1v) is 9.45. The summed E-state index contributed by atoms with van der Waals surface area (Å²) in [5.74, 6) is 1.14. The van der Waals surface area contributed by atoms with E-state index in [0.717, 1.165) is 0 Å². The molecule has 0 saturated heterocycles. The number of carbonyl (C=O) groups is 1. The van der Waals surface area contributed by atoms with E-state index in [1.54, 1.807) is 6.92 Å². The van der Waals surface area contributed by atoms with E-state index in [0.29, 0.717) is 40.5 Å². The molecule has 2 aliphatic heterocycles. The number of nitrogens with zero attached hydrogens (tertiary/aromatic N) is 2. The highest BCUT2D eigenvalue weighted by molar-refractivity contribution is 7.80. The van der Waals surface area contributed by atoms with Gasteiger partial charge < -0.3 is 34.3 Å². The second-order valence-corrected chi connectivity index (χ2v) is 6.59. The Morgan fingerprint density at radius 2 is 2.03 bits per heavy atom. The summed E-state index contributed by atoms with van der Waals surface area (Å²) >= 11 is 4.78. The van der Waals surface area contributed by atoms with Crippen LogP contribution in [0.1, 0.15) is 24.5 Å². The predicted octanol–water partition coefficient (Wildman–Crippen LogP) is 0.850. The summed E-state index contributed by atoms with van der Waals surface area (Å²) in [6.07, 6.45) is 1.65. The van der Waals surface area contributed by atoms with Crippen molar-refractivity contribution in [2.75, 3.05) is 27.6 Å². The molecule has 11 nitrogen and oxygen atoms in total. The fourth-order valence-electron chi connectivity index (χ4n) is 3.15. The molecule has 2 aliphatic rings. The van der Waals surface area contributed by atoms with Crippen LogP contribution < -0.4 is 30.1 Å². The lowest BCUT2D eigenvalue weighted by atomic mass is 9.96. The number of rotatable bonds is 8. The monoisotopic (exact) mass is 438 g/mol. The van der Waals surface area contributed by atoms with Crippen LogP contribution in [-0.2, 0) is 20.8 Å². The van der Waals surface area contributed by atoms with Crippen LogP contribution in [0.2, 0.25) is 0 Å². The van der Waals surface area contributed by atoms with Crippen LogP contribution in [0, 0.1) is 0 Å². The first-order valence-electron chi connectivity index (χ1n) is 9.04. The number of benzene rings is 1. The topological polar surface area (TPSA) is 135 Å². The standard InChI is InChI=1S/C18H22N4O7S/c1-4-26-17(23)12-6-9(29-22-12)5-10-11(7-20-21-18(19)30)14(25-3)16-15(13(10)24-2)27-8-28-16/h7,9H,4-6,8H2,1-3H3,(H3,19,21,30). The van der Waals surface area contributed by atoms with Gasteiger partial charge in [0.05, 0.1) is 27.0 Å². The Balaban J connectivity index is 1.97. The molecule has 0 aliphatic carbocycles. The molecule has 0 fully saturated rings. The Morgan fingerprint density at radius 3 is 2.67 bits per heavy atom. The number of ether oxygens (including phenoxy) is 5. The van der Waals surface area contributed by atoms with Gasteiger partial charge in [0.1, 0.15) is 6.10 Å². The largest absolute Gasteiger partial charge is 0.492 e. The normalized spacial score (nSPS) is 16.8. The van der Waals surface area contributed by atoms with Gasteiger partial charge in [0.2, 0.25) is 18.3 Å². The summed E-state index contributed by atoms with van der Waals surface area (Å²) in [7, 11) is 3.01. The van der Waals surface area contributed by atoms with Gasteiger partial charge in [-0.05, 0) is 19.1 Å². The maximum Gasteiger partial charge on any atom is 0.356 e. The van der Waals surface area contributed by atoms with Crippen LogP contribution in [0.4, 0.5) is 0 Å². The summed E-state index contributed by atoms with van der Waals surface area (Å²) in [5, 5.41) is 7.89. The molecule has 1 atom stereocenters. The van der Waals surface area contributed by atoms with Crippen LogP contribution in [-0.4, -0.2) is 56.7 Å². The first-order chi connectivity index (χ1) is 14.5. The van der Waals surface area contributed by atoms with Gasteiger partial charge in [-0.1, -0.05) is 5.16 Å². The lowest BCUT2D eigenvalue weighted by molar-refractivity contribution is -0.135. The smallest absolute Gasteiger partial charge is 0.356 e. The van der Waals surface area contributed by atoms with Gasteiger partial charge in [-0.2, -0.15) is 5.10 Å². The van der Waals surface area contributed by atoms with E-state index in [1.807, 2.05) is 0 Å². The average molecular weight is 438 g/mol. The van der Waals surface area contributed by atoms with Crippen molar-refractivity contribution >= 4 is 35.2 Å². The number of nitrogens with two attached hydrogens (primary N) is 1. The van der Waals surface area contributed by atoms with E-state index in [9.17, 15) is 4.79 Å². The van der Waals surface area contributed by atoms with Crippen molar-refractivity contribution in [1.29, 1.82) is 0 Å². The van der Waals surface area contributed by atoms with Crippen molar-refractivity contribution in [2.24, 2.45) is 16.0 Å². The molecular formula is C18H22N4O7S. The molecule has 1 aromatic carbocycles. The quantitative estimate of drug-likeness (QED) is 0.260. The van der Waals surface area contributed by atoms with E-state index >= 15 is 0 Å². The first kappa shape index (κ1) is 21.4. The highest BCUT2D eigenvalue weighted by atomic mass is 32.1. The molecule has 1 unspecified atom stereocenters. The van der Waals surface area contributed by atoms with Crippen LogP contribution in [0.25, 0.3) is 0 Å². The lowest BCUT2D eigenvalue weighted by Gasteiger charge is -2.19. The molecule has 0 saturated carbocycles. The van der Waals surface area contributed by atoms with Crippen molar-refractivity contribution < 1.29 is 33.3 Å². The minimum atomic E-state index is -0.502. The second kappa shape index (κ2) is 9.48. The highest BCUT2D eigenvalue weighted by Gasteiger charge is 2.34. The van der Waals surface area contributed by atoms with Crippen molar-refractivity contribution in [1.82, 2.24) is 5.43 Å². The number of nitrogens with one attached hydrogen (secondary N) is 1. The molecule has 3 N–H and O–H groups in total. The van der Waals surface area contributed by atoms with Crippen LogP contribution >= 0.6 is 12.2 Å². The van der Waals surface area contributed by atoms with E-state index < -0.39 is 12.1 Å². The third-order valence-electron chi connectivity index (χ3n) is 4.32. The van der Waals surface area contributed by atoms with Gasteiger partial charge in [0.15, 0.2) is 22.3 Å². The van der Waals surface area contributed by atoms with Gasteiger partial charge in [-0.15, -0.1) is 0 Å². The average Bonchev–Trinajstić information content (AvgIpc) is 3.38. The van der Waals surface area contributed by atoms with Gasteiger partial charge in [-0.25, -0.2) is 4.79 Å². The summed E-state index contributed by atoms with van der Waals surface area (Å²) in [5.41, 5.74) is 9.38. The molecule has 0 aromatic heterocycles. The van der Waals surface area contributed by atoms with Gasteiger partial charge in [-0.3, -0.25) is 5.43 Å². The van der Waals surface area contributed by atoms with Crippen LogP contribution in [0.15, 0.2) is 10.3 Å². The number of hydrogen-bond donors (Lipinski definition) is 2. The zero-order valence-electron chi connectivity index (χ0n) is 16.7. The number of hydrogen-bond acceptors (Lipinski definition) is 10. The molecule has 0 amide bonds. The predicted molar refractivity (Wildman–Crippen MR) is 110 cm³/mol. The number of fused-ring (bicyclic) bond motifs is 1.